The lowest BCUT2D eigenvalue weighted by Crippen LogP contribution is -2.40. The van der Waals surface area contributed by atoms with Crippen LogP contribution < -0.4 is 15.0 Å². The summed E-state index contributed by atoms with van der Waals surface area (Å²) in [5.41, 5.74) is 2.08. The molecule has 176 valence electrons. The fourth-order valence-electron chi connectivity index (χ4n) is 3.87. The molecule has 1 aliphatic heterocycles. The molecule has 1 aromatic carbocycles. The molecule has 4 rings (SSSR count). The molecule has 3 aromatic rings. The number of carbonyl (C=O) groups excluding carboxylic acids is 2. The number of pyridine rings is 2. The van der Waals surface area contributed by atoms with Crippen molar-refractivity contribution in [3.63, 3.8) is 0 Å². The maximum absolute atomic E-state index is 13.4. The maximum atomic E-state index is 13.4. The van der Waals surface area contributed by atoms with Gasteiger partial charge in [-0.3, -0.25) is 14.6 Å². The number of nitrogens with one attached hydrogen (secondary N) is 1. The average molecular weight is 470 g/mol. The van der Waals surface area contributed by atoms with E-state index in [1.54, 1.807) is 38.2 Å². The molecule has 34 heavy (non-hydrogen) atoms. The van der Waals surface area contributed by atoms with Crippen LogP contribution in [0.4, 0.5) is 24.5 Å². The lowest BCUT2D eigenvalue weighted by molar-refractivity contribution is -0.137. The number of fused-ring (bicyclic) bond motifs is 3. The van der Waals surface area contributed by atoms with Gasteiger partial charge in [-0.15, -0.1) is 0 Å². The van der Waals surface area contributed by atoms with Crippen LogP contribution in [0.15, 0.2) is 48.7 Å². The van der Waals surface area contributed by atoms with Gasteiger partial charge in [0, 0.05) is 23.0 Å². The predicted octanol–water partition coefficient (Wildman–Crippen LogP) is 4.57. The Labute approximate surface area is 193 Å². The van der Waals surface area contributed by atoms with Crippen molar-refractivity contribution in [1.82, 2.24) is 9.97 Å². The lowest BCUT2D eigenvalue weighted by Gasteiger charge is -2.24. The van der Waals surface area contributed by atoms with Crippen LogP contribution in [0.5, 0.6) is 5.88 Å². The van der Waals surface area contributed by atoms with E-state index in [0.29, 0.717) is 34.1 Å². The minimum absolute atomic E-state index is 0.183. The number of hydrogen-bond donors (Lipinski definition) is 1. The predicted molar refractivity (Wildman–Crippen MR) is 120 cm³/mol. The first kappa shape index (κ1) is 23.2. The first-order valence-corrected chi connectivity index (χ1v) is 10.4. The molecule has 0 bridgehead atoms. The van der Waals surface area contributed by atoms with Crippen molar-refractivity contribution in [1.29, 1.82) is 0 Å². The largest absolute Gasteiger partial charge is 0.481 e. The number of rotatable bonds is 4. The molecule has 0 saturated carbocycles. The number of aryl methyl sites for hydroxylation is 1. The minimum atomic E-state index is -4.48. The van der Waals surface area contributed by atoms with Crippen LogP contribution in [0.2, 0.25) is 0 Å². The molecule has 3 heterocycles. The Hall–Kier alpha value is -3.95. The molecule has 7 nitrogen and oxygen atoms in total. The number of anilines is 2. The number of nitrogens with zero attached hydrogens (tertiary/aromatic N) is 3. The van der Waals surface area contributed by atoms with Crippen molar-refractivity contribution >= 4 is 23.2 Å². The number of halogens is 3. The van der Waals surface area contributed by atoms with Crippen molar-refractivity contribution in [3.05, 3.63) is 65.5 Å². The van der Waals surface area contributed by atoms with Gasteiger partial charge in [0.15, 0.2) is 0 Å². The molecule has 1 unspecified atom stereocenters. The van der Waals surface area contributed by atoms with Crippen molar-refractivity contribution in [2.75, 3.05) is 23.9 Å². The summed E-state index contributed by atoms with van der Waals surface area (Å²) >= 11 is 0. The second kappa shape index (κ2) is 8.77. The number of methoxy groups -OCH3 is 1. The van der Waals surface area contributed by atoms with Gasteiger partial charge in [-0.2, -0.15) is 13.2 Å². The highest BCUT2D eigenvalue weighted by Gasteiger charge is 2.35. The first-order valence-electron chi connectivity index (χ1n) is 10.4. The maximum Gasteiger partial charge on any atom is 0.416 e. The van der Waals surface area contributed by atoms with Crippen LogP contribution in [-0.4, -0.2) is 35.4 Å². The first-order chi connectivity index (χ1) is 16.1. The molecule has 0 aliphatic carbocycles. The van der Waals surface area contributed by atoms with Crippen LogP contribution in [0.1, 0.15) is 29.7 Å². The number of hydrogen-bond acceptors (Lipinski definition) is 5. The summed E-state index contributed by atoms with van der Waals surface area (Å²) in [6.45, 7) is 3.11. The van der Waals surface area contributed by atoms with E-state index in [4.69, 9.17) is 4.74 Å². The molecule has 10 heteroatoms. The highest BCUT2D eigenvalue weighted by Crippen LogP contribution is 2.41. The number of amides is 2. The third-order valence-electron chi connectivity index (χ3n) is 5.57. The summed E-state index contributed by atoms with van der Waals surface area (Å²) < 4.78 is 43.7. The molecule has 0 fully saturated rings. The second-order valence-electron chi connectivity index (χ2n) is 7.89. The van der Waals surface area contributed by atoms with Crippen LogP contribution >= 0.6 is 0 Å². The Kier molecular flexibility index (Phi) is 5.99. The number of aromatic nitrogens is 2. The molecule has 0 saturated heterocycles. The Morgan fingerprint density at radius 3 is 2.56 bits per heavy atom. The second-order valence-corrected chi connectivity index (χ2v) is 7.89. The van der Waals surface area contributed by atoms with Crippen LogP contribution in [0, 0.1) is 6.92 Å². The number of ether oxygens (including phenoxy) is 1. The fourth-order valence-corrected chi connectivity index (χ4v) is 3.87. The van der Waals surface area contributed by atoms with Gasteiger partial charge in [0.25, 0.3) is 0 Å². The molecule has 1 N–H and O–H groups in total. The summed E-state index contributed by atoms with van der Waals surface area (Å²) in [7, 11) is 1.49. The van der Waals surface area contributed by atoms with Crippen LogP contribution in [0.25, 0.3) is 11.3 Å². The van der Waals surface area contributed by atoms with Crippen molar-refractivity contribution < 1.29 is 27.5 Å². The fraction of sp³-hybridized carbons (Fsp3) is 0.250. The Balaban J connectivity index is 1.69. The Bertz CT molecular complexity index is 1260. The number of alkyl halides is 3. The van der Waals surface area contributed by atoms with E-state index in [0.717, 1.165) is 24.3 Å². The molecule has 1 aliphatic rings. The van der Waals surface area contributed by atoms with Crippen molar-refractivity contribution in [2.24, 2.45) is 0 Å². The molecule has 2 amide bonds. The van der Waals surface area contributed by atoms with E-state index in [9.17, 15) is 22.8 Å². The highest BCUT2D eigenvalue weighted by atomic mass is 19.4. The summed E-state index contributed by atoms with van der Waals surface area (Å²) in [6.07, 6.45) is -2.89. The summed E-state index contributed by atoms with van der Waals surface area (Å²) in [5, 5.41) is 2.55. The standard InChI is InChI=1S/C24H21F3N4O3/c1-13-11-18-21(30-22(13)34-3)17-5-4-10-28-20(17)14(2)23(33)31(18)12-19(32)29-16-8-6-15(7-9-16)24(25,26)27/h4-11,14H,12H2,1-3H3,(H,29,32). The van der Waals surface area contributed by atoms with Crippen LogP contribution in [-0.2, 0) is 15.8 Å². The van der Waals surface area contributed by atoms with Crippen molar-refractivity contribution in [3.8, 4) is 17.1 Å². The van der Waals surface area contributed by atoms with E-state index >= 15 is 0 Å². The zero-order valence-corrected chi connectivity index (χ0v) is 18.6. The Morgan fingerprint density at radius 2 is 1.91 bits per heavy atom. The quantitative estimate of drug-likeness (QED) is 0.604. The molecule has 2 aromatic heterocycles. The lowest BCUT2D eigenvalue weighted by atomic mass is 10.0. The van der Waals surface area contributed by atoms with E-state index < -0.39 is 23.6 Å². The third-order valence-corrected chi connectivity index (χ3v) is 5.57. The molecular formula is C24H21F3N4O3. The zero-order valence-electron chi connectivity index (χ0n) is 18.6. The minimum Gasteiger partial charge on any atom is -0.481 e. The van der Waals surface area contributed by atoms with Gasteiger partial charge in [-0.25, -0.2) is 4.98 Å². The highest BCUT2D eigenvalue weighted by molar-refractivity contribution is 6.08. The average Bonchev–Trinajstić information content (AvgIpc) is 2.88. The van der Waals surface area contributed by atoms with E-state index in [2.05, 4.69) is 15.3 Å². The number of benzene rings is 1. The van der Waals surface area contributed by atoms with E-state index in [1.807, 2.05) is 0 Å². The van der Waals surface area contributed by atoms with Gasteiger partial charge >= 0.3 is 6.18 Å². The third kappa shape index (κ3) is 4.30. The van der Waals surface area contributed by atoms with Gasteiger partial charge in [0.05, 0.1) is 35.7 Å². The topological polar surface area (TPSA) is 84.4 Å². The van der Waals surface area contributed by atoms with Gasteiger partial charge in [0.2, 0.25) is 17.7 Å². The monoisotopic (exact) mass is 470 g/mol. The van der Waals surface area contributed by atoms with E-state index in [-0.39, 0.29) is 18.1 Å². The SMILES string of the molecule is COc1nc2c(cc1C)N(CC(=O)Nc1ccc(C(F)(F)F)cc1)C(=O)C(C)c1ncccc1-2. The van der Waals surface area contributed by atoms with Crippen LogP contribution in [0.3, 0.4) is 0 Å². The van der Waals surface area contributed by atoms with Crippen molar-refractivity contribution in [2.45, 2.75) is 25.9 Å². The summed E-state index contributed by atoms with van der Waals surface area (Å²) in [5.74, 6) is -1.20. The molecule has 1 atom stereocenters. The van der Waals surface area contributed by atoms with Gasteiger partial charge in [-0.1, -0.05) is 0 Å². The summed E-state index contributed by atoms with van der Waals surface area (Å²) in [4.78, 5) is 36.5. The summed E-state index contributed by atoms with van der Waals surface area (Å²) in [6, 6.07) is 9.35. The number of carbonyl (C=O) groups is 2. The normalized spacial score (nSPS) is 15.3. The zero-order chi connectivity index (χ0) is 24.6. The molecule has 0 radical (unpaired) electrons. The smallest absolute Gasteiger partial charge is 0.416 e. The molecule has 0 spiro atoms. The Morgan fingerprint density at radius 1 is 1.21 bits per heavy atom. The van der Waals surface area contributed by atoms with Gasteiger partial charge < -0.3 is 15.0 Å². The molecular weight excluding hydrogens is 449 g/mol. The van der Waals surface area contributed by atoms with Gasteiger partial charge in [-0.05, 0) is 56.3 Å². The van der Waals surface area contributed by atoms with E-state index in [1.165, 1.54) is 12.0 Å². The van der Waals surface area contributed by atoms with Gasteiger partial charge in [0.1, 0.15) is 6.54 Å².